The van der Waals surface area contributed by atoms with Crippen LogP contribution in [0.4, 0.5) is 0 Å². The number of esters is 1. The average molecular weight is 285 g/mol. The third kappa shape index (κ3) is 4.79. The number of hydrogen-bond acceptors (Lipinski definition) is 2. The second kappa shape index (κ2) is 7.44. The summed E-state index contributed by atoms with van der Waals surface area (Å²) in [5.74, 6) is -0.0980. The highest BCUT2D eigenvalue weighted by molar-refractivity contribution is 9.08. The van der Waals surface area contributed by atoms with Crippen molar-refractivity contribution in [1.82, 2.24) is 0 Å². The molecule has 1 aromatic carbocycles. The van der Waals surface area contributed by atoms with Gasteiger partial charge in [-0.2, -0.15) is 0 Å². The van der Waals surface area contributed by atoms with Crippen molar-refractivity contribution in [3.05, 3.63) is 35.4 Å². The Hall–Kier alpha value is -0.830. The van der Waals surface area contributed by atoms with Gasteiger partial charge in [-0.3, -0.25) is 4.79 Å². The van der Waals surface area contributed by atoms with Gasteiger partial charge >= 0.3 is 5.97 Å². The van der Waals surface area contributed by atoms with Crippen LogP contribution in [0, 0.1) is 0 Å². The van der Waals surface area contributed by atoms with Crippen LogP contribution >= 0.6 is 15.9 Å². The molecule has 0 heterocycles. The molecule has 0 N–H and O–H groups in total. The Morgan fingerprint density at radius 1 is 1.38 bits per heavy atom. The molecule has 0 aromatic heterocycles. The molecule has 0 aliphatic heterocycles. The summed E-state index contributed by atoms with van der Waals surface area (Å²) in [5.41, 5.74) is 2.55. The molecule has 88 valence electrons. The summed E-state index contributed by atoms with van der Waals surface area (Å²) < 4.78 is 4.88. The molecular weight excluding hydrogens is 268 g/mol. The van der Waals surface area contributed by atoms with Gasteiger partial charge < -0.3 is 4.74 Å². The molecule has 0 fully saturated rings. The van der Waals surface area contributed by atoms with Gasteiger partial charge in [0.15, 0.2) is 0 Å². The van der Waals surface area contributed by atoms with E-state index in [1.165, 1.54) is 11.1 Å². The van der Waals surface area contributed by atoms with Gasteiger partial charge in [-0.1, -0.05) is 40.2 Å². The molecule has 0 amide bonds. The van der Waals surface area contributed by atoms with Gasteiger partial charge in [0, 0.05) is 11.8 Å². The topological polar surface area (TPSA) is 26.3 Å². The number of alkyl halides is 1. The maximum Gasteiger partial charge on any atom is 0.305 e. The highest BCUT2D eigenvalue weighted by atomic mass is 79.9. The maximum atomic E-state index is 11.1. The summed E-state index contributed by atoms with van der Waals surface area (Å²) in [7, 11) is 0. The summed E-state index contributed by atoms with van der Waals surface area (Å²) in [4.78, 5) is 11.1. The highest BCUT2D eigenvalue weighted by Crippen LogP contribution is 2.11. The molecule has 0 spiro atoms. The first kappa shape index (κ1) is 13.2. The molecule has 0 saturated carbocycles. The predicted octanol–water partition coefficient (Wildman–Crippen LogP) is 3.47. The van der Waals surface area contributed by atoms with Crippen molar-refractivity contribution in [2.45, 2.75) is 31.5 Å². The number of ether oxygens (including phenoxy) is 1. The Kier molecular flexibility index (Phi) is 6.16. The van der Waals surface area contributed by atoms with Gasteiger partial charge in [0.2, 0.25) is 0 Å². The van der Waals surface area contributed by atoms with Crippen molar-refractivity contribution in [3.63, 3.8) is 0 Å². The number of halogens is 1. The third-order valence-corrected chi connectivity index (χ3v) is 2.94. The monoisotopic (exact) mass is 284 g/mol. The van der Waals surface area contributed by atoms with E-state index >= 15 is 0 Å². The zero-order valence-corrected chi connectivity index (χ0v) is 11.1. The molecule has 0 atom stereocenters. The molecular formula is C13H17BrO2. The number of carbonyl (C=O) groups excluding carboxylic acids is 1. The summed E-state index contributed by atoms with van der Waals surface area (Å²) in [6.45, 7) is 2.30. The quantitative estimate of drug-likeness (QED) is 0.591. The molecule has 0 radical (unpaired) electrons. The van der Waals surface area contributed by atoms with E-state index in [0.29, 0.717) is 13.0 Å². The van der Waals surface area contributed by atoms with Gasteiger partial charge in [-0.15, -0.1) is 0 Å². The van der Waals surface area contributed by atoms with Crippen molar-refractivity contribution in [3.8, 4) is 0 Å². The Morgan fingerprint density at radius 3 is 2.81 bits per heavy atom. The molecule has 0 saturated heterocycles. The SMILES string of the molecule is CCOC(=O)CCCc1cccc(CBr)c1. The molecule has 1 aromatic rings. The fourth-order valence-corrected chi connectivity index (χ4v) is 1.89. The van der Waals surface area contributed by atoms with Crippen molar-refractivity contribution >= 4 is 21.9 Å². The summed E-state index contributed by atoms with van der Waals surface area (Å²) in [6, 6.07) is 8.40. The first-order chi connectivity index (χ1) is 7.76. The van der Waals surface area contributed by atoms with E-state index in [2.05, 4.69) is 40.2 Å². The number of aryl methyl sites for hydroxylation is 1. The molecule has 0 bridgehead atoms. The molecule has 16 heavy (non-hydrogen) atoms. The van der Waals surface area contributed by atoms with Gasteiger partial charge in [0.1, 0.15) is 0 Å². The minimum absolute atomic E-state index is 0.0980. The van der Waals surface area contributed by atoms with Crippen LogP contribution in [0.2, 0.25) is 0 Å². The largest absolute Gasteiger partial charge is 0.466 e. The zero-order chi connectivity index (χ0) is 11.8. The Bertz CT molecular complexity index is 336. The second-order valence-electron chi connectivity index (χ2n) is 3.61. The third-order valence-electron chi connectivity index (χ3n) is 2.30. The zero-order valence-electron chi connectivity index (χ0n) is 9.54. The van der Waals surface area contributed by atoms with Crippen LogP contribution in [0.3, 0.4) is 0 Å². The molecule has 0 aliphatic carbocycles. The van der Waals surface area contributed by atoms with Crippen LogP contribution in [0.25, 0.3) is 0 Å². The lowest BCUT2D eigenvalue weighted by molar-refractivity contribution is -0.143. The van der Waals surface area contributed by atoms with Crippen LogP contribution < -0.4 is 0 Å². The van der Waals surface area contributed by atoms with Crippen LogP contribution in [0.15, 0.2) is 24.3 Å². The fraction of sp³-hybridized carbons (Fsp3) is 0.462. The lowest BCUT2D eigenvalue weighted by atomic mass is 10.1. The second-order valence-corrected chi connectivity index (χ2v) is 4.17. The normalized spacial score (nSPS) is 10.1. The molecule has 0 aliphatic rings. The first-order valence-corrected chi connectivity index (χ1v) is 6.67. The van der Waals surface area contributed by atoms with Crippen molar-refractivity contribution < 1.29 is 9.53 Å². The number of rotatable bonds is 6. The smallest absolute Gasteiger partial charge is 0.305 e. The van der Waals surface area contributed by atoms with E-state index in [-0.39, 0.29) is 5.97 Å². The summed E-state index contributed by atoms with van der Waals surface area (Å²) in [6.07, 6.45) is 2.29. The van der Waals surface area contributed by atoms with E-state index in [9.17, 15) is 4.79 Å². The summed E-state index contributed by atoms with van der Waals surface area (Å²) >= 11 is 3.43. The van der Waals surface area contributed by atoms with Crippen LogP contribution in [0.1, 0.15) is 30.9 Å². The van der Waals surface area contributed by atoms with E-state index < -0.39 is 0 Å². The van der Waals surface area contributed by atoms with Crippen LogP contribution in [-0.2, 0) is 21.3 Å². The maximum absolute atomic E-state index is 11.1. The highest BCUT2D eigenvalue weighted by Gasteiger charge is 2.02. The Morgan fingerprint density at radius 2 is 2.12 bits per heavy atom. The summed E-state index contributed by atoms with van der Waals surface area (Å²) in [5, 5.41) is 0.874. The molecule has 0 unspecified atom stereocenters. The fourth-order valence-electron chi connectivity index (χ4n) is 1.54. The minimum Gasteiger partial charge on any atom is -0.466 e. The van der Waals surface area contributed by atoms with Crippen molar-refractivity contribution in [2.24, 2.45) is 0 Å². The predicted molar refractivity (Wildman–Crippen MR) is 68.6 cm³/mol. The lowest BCUT2D eigenvalue weighted by Gasteiger charge is -2.03. The van der Waals surface area contributed by atoms with Crippen molar-refractivity contribution in [2.75, 3.05) is 6.61 Å². The van der Waals surface area contributed by atoms with E-state index in [1.807, 2.05) is 6.92 Å². The van der Waals surface area contributed by atoms with Crippen LogP contribution in [-0.4, -0.2) is 12.6 Å². The van der Waals surface area contributed by atoms with Gasteiger partial charge in [-0.05, 0) is 30.9 Å². The van der Waals surface area contributed by atoms with Gasteiger partial charge in [0.25, 0.3) is 0 Å². The van der Waals surface area contributed by atoms with Gasteiger partial charge in [-0.25, -0.2) is 0 Å². The van der Waals surface area contributed by atoms with E-state index in [0.717, 1.165) is 18.2 Å². The number of benzene rings is 1. The number of hydrogen-bond donors (Lipinski definition) is 0. The first-order valence-electron chi connectivity index (χ1n) is 5.55. The Balaban J connectivity index is 2.34. The van der Waals surface area contributed by atoms with Crippen molar-refractivity contribution in [1.29, 1.82) is 0 Å². The number of carbonyl (C=O) groups is 1. The molecule has 2 nitrogen and oxygen atoms in total. The van der Waals surface area contributed by atoms with E-state index in [1.54, 1.807) is 0 Å². The lowest BCUT2D eigenvalue weighted by Crippen LogP contribution is -2.04. The molecule has 3 heteroatoms. The van der Waals surface area contributed by atoms with Gasteiger partial charge in [0.05, 0.1) is 6.61 Å². The minimum atomic E-state index is -0.0980. The Labute approximate surface area is 105 Å². The van der Waals surface area contributed by atoms with E-state index in [4.69, 9.17) is 4.74 Å². The molecule has 1 rings (SSSR count). The average Bonchev–Trinajstić information content (AvgIpc) is 2.30. The van der Waals surface area contributed by atoms with Crippen LogP contribution in [0.5, 0.6) is 0 Å². The standard InChI is InChI=1S/C13H17BrO2/c1-2-16-13(15)8-4-6-11-5-3-7-12(9-11)10-14/h3,5,7,9H,2,4,6,8,10H2,1H3.